The van der Waals surface area contributed by atoms with E-state index in [1.807, 2.05) is 35.6 Å². The molecule has 230 valence electrons. The van der Waals surface area contributed by atoms with E-state index in [0.717, 1.165) is 39.2 Å². The van der Waals surface area contributed by atoms with Crippen LogP contribution in [0.2, 0.25) is 0 Å². The first-order valence-electron chi connectivity index (χ1n) is 16.5. The highest BCUT2D eigenvalue weighted by Gasteiger charge is 2.15. The maximum absolute atomic E-state index is 5.17. The quantitative estimate of drug-likeness (QED) is 0.180. The van der Waals surface area contributed by atoms with Crippen LogP contribution in [0.5, 0.6) is 0 Å². The summed E-state index contributed by atoms with van der Waals surface area (Å²) < 4.78 is 2.58. The predicted molar refractivity (Wildman–Crippen MR) is 208 cm³/mol. The van der Waals surface area contributed by atoms with Crippen LogP contribution in [0.3, 0.4) is 0 Å². The maximum atomic E-state index is 5.17. The second-order valence-electron chi connectivity index (χ2n) is 12.2. The molecule has 0 aliphatic rings. The Morgan fingerprint density at radius 3 is 1.24 bits per heavy atom. The van der Waals surface area contributed by atoms with Gasteiger partial charge in [0.2, 0.25) is 0 Å². The SMILES string of the molecule is c1ccc(-c2cc(-c3ccc4c(c3)sc3cc(-c5ccccc5)ccc34)cc(-c3cc(-c4ccccc4)nc(-c4ccccc4)n3)c2)cc1. The van der Waals surface area contributed by atoms with Gasteiger partial charge >= 0.3 is 0 Å². The number of aromatic nitrogens is 2. The third-order valence-electron chi connectivity index (χ3n) is 9.08. The van der Waals surface area contributed by atoms with Crippen molar-refractivity contribution in [3.8, 4) is 67.3 Å². The number of hydrogen-bond acceptors (Lipinski definition) is 3. The molecule has 2 nitrogen and oxygen atoms in total. The molecule has 0 aliphatic heterocycles. The summed E-state index contributed by atoms with van der Waals surface area (Å²) in [5, 5.41) is 2.59. The Balaban J connectivity index is 1.21. The molecule has 7 aromatic carbocycles. The Morgan fingerprint density at radius 2 is 0.694 bits per heavy atom. The van der Waals surface area contributed by atoms with Crippen LogP contribution < -0.4 is 0 Å². The number of benzene rings is 7. The number of nitrogens with zero attached hydrogens (tertiary/aromatic N) is 2. The van der Waals surface area contributed by atoms with Crippen molar-refractivity contribution in [1.29, 1.82) is 0 Å². The fraction of sp³-hybridized carbons (Fsp3) is 0. The van der Waals surface area contributed by atoms with Crippen LogP contribution in [0, 0.1) is 0 Å². The van der Waals surface area contributed by atoms with Gasteiger partial charge in [-0.1, -0.05) is 146 Å². The van der Waals surface area contributed by atoms with Gasteiger partial charge in [-0.2, -0.15) is 0 Å². The van der Waals surface area contributed by atoms with E-state index in [1.54, 1.807) is 0 Å². The molecule has 0 N–H and O–H groups in total. The van der Waals surface area contributed by atoms with Crippen molar-refractivity contribution in [3.05, 3.63) is 182 Å². The molecule has 3 heteroatoms. The standard InChI is InChI=1S/C46H30N2S/c1-5-13-31(14-6-1)35-21-23-40-41-24-22-36(29-45(41)49-44(40)28-35)38-25-37(32-15-7-2-8-16-32)26-39(27-38)43-30-42(33-17-9-3-10-18-33)47-46(48-43)34-19-11-4-12-20-34/h1-30H. The fourth-order valence-electron chi connectivity index (χ4n) is 6.57. The normalized spacial score (nSPS) is 11.3. The van der Waals surface area contributed by atoms with Crippen molar-refractivity contribution in [2.24, 2.45) is 0 Å². The third kappa shape index (κ3) is 5.71. The molecule has 0 radical (unpaired) electrons. The summed E-state index contributed by atoms with van der Waals surface area (Å²) in [6.07, 6.45) is 0. The summed E-state index contributed by atoms with van der Waals surface area (Å²) in [6, 6.07) is 64.5. The zero-order valence-corrected chi connectivity index (χ0v) is 27.4. The van der Waals surface area contributed by atoms with Crippen molar-refractivity contribution in [2.75, 3.05) is 0 Å². The lowest BCUT2D eigenvalue weighted by atomic mass is 9.94. The summed E-state index contributed by atoms with van der Waals surface area (Å²) in [7, 11) is 0. The summed E-state index contributed by atoms with van der Waals surface area (Å²) >= 11 is 1.86. The van der Waals surface area contributed by atoms with Crippen molar-refractivity contribution >= 4 is 31.5 Å². The van der Waals surface area contributed by atoms with Crippen LogP contribution in [0.15, 0.2) is 182 Å². The van der Waals surface area contributed by atoms with Crippen LogP contribution in [-0.2, 0) is 0 Å². The van der Waals surface area contributed by atoms with E-state index in [9.17, 15) is 0 Å². The predicted octanol–water partition coefficient (Wildman–Crippen LogP) is 12.8. The molecule has 0 amide bonds. The van der Waals surface area contributed by atoms with Crippen LogP contribution in [0.25, 0.3) is 87.5 Å². The van der Waals surface area contributed by atoms with Crippen molar-refractivity contribution in [1.82, 2.24) is 9.97 Å². The molecule has 0 saturated heterocycles. The molecule has 0 spiro atoms. The number of rotatable bonds is 6. The minimum atomic E-state index is 0.713. The highest BCUT2D eigenvalue weighted by Crippen LogP contribution is 2.40. The molecular formula is C46H30N2S. The van der Waals surface area contributed by atoms with Crippen LogP contribution >= 0.6 is 11.3 Å². The zero-order valence-electron chi connectivity index (χ0n) is 26.6. The molecule has 0 bridgehead atoms. The van der Waals surface area contributed by atoms with Gasteiger partial charge in [0, 0.05) is 36.9 Å². The van der Waals surface area contributed by atoms with Gasteiger partial charge in [0.05, 0.1) is 11.4 Å². The summed E-state index contributed by atoms with van der Waals surface area (Å²) in [6.45, 7) is 0. The number of hydrogen-bond donors (Lipinski definition) is 0. The molecule has 49 heavy (non-hydrogen) atoms. The second kappa shape index (κ2) is 12.5. The number of thiophene rings is 1. The highest BCUT2D eigenvalue weighted by molar-refractivity contribution is 7.25. The van der Waals surface area contributed by atoms with E-state index in [2.05, 4.69) is 158 Å². The van der Waals surface area contributed by atoms with E-state index in [-0.39, 0.29) is 0 Å². The van der Waals surface area contributed by atoms with Gasteiger partial charge in [0.15, 0.2) is 5.82 Å². The second-order valence-corrected chi connectivity index (χ2v) is 13.3. The molecule has 0 aliphatic carbocycles. The molecule has 0 unspecified atom stereocenters. The number of fused-ring (bicyclic) bond motifs is 3. The van der Waals surface area contributed by atoms with Crippen LogP contribution in [0.4, 0.5) is 0 Å². The third-order valence-corrected chi connectivity index (χ3v) is 10.2. The van der Waals surface area contributed by atoms with E-state index < -0.39 is 0 Å². The fourth-order valence-corrected chi connectivity index (χ4v) is 7.76. The van der Waals surface area contributed by atoms with Gasteiger partial charge in [-0.25, -0.2) is 9.97 Å². The minimum absolute atomic E-state index is 0.713. The Bertz CT molecular complexity index is 2520. The monoisotopic (exact) mass is 642 g/mol. The van der Waals surface area contributed by atoms with Crippen molar-refractivity contribution < 1.29 is 0 Å². The van der Waals surface area contributed by atoms with Gasteiger partial charge < -0.3 is 0 Å². The molecule has 0 atom stereocenters. The van der Waals surface area contributed by atoms with Crippen molar-refractivity contribution in [3.63, 3.8) is 0 Å². The summed E-state index contributed by atoms with van der Waals surface area (Å²) in [5.74, 6) is 0.713. The molecule has 2 aromatic heterocycles. The first-order chi connectivity index (χ1) is 24.2. The molecule has 9 rings (SSSR count). The van der Waals surface area contributed by atoms with E-state index in [1.165, 1.54) is 42.4 Å². The van der Waals surface area contributed by atoms with E-state index >= 15 is 0 Å². The van der Waals surface area contributed by atoms with Gasteiger partial charge in [-0.05, 0) is 69.8 Å². The molecular weight excluding hydrogens is 613 g/mol. The smallest absolute Gasteiger partial charge is 0.160 e. The first kappa shape index (κ1) is 29.0. The van der Waals surface area contributed by atoms with Crippen LogP contribution in [0.1, 0.15) is 0 Å². The molecule has 0 fully saturated rings. The van der Waals surface area contributed by atoms with Crippen molar-refractivity contribution in [2.45, 2.75) is 0 Å². The van der Waals surface area contributed by atoms with Gasteiger partial charge in [0.25, 0.3) is 0 Å². The lowest BCUT2D eigenvalue weighted by Gasteiger charge is -2.13. The lowest BCUT2D eigenvalue weighted by molar-refractivity contribution is 1.18. The van der Waals surface area contributed by atoms with Gasteiger partial charge in [-0.15, -0.1) is 11.3 Å². The average molecular weight is 643 g/mol. The minimum Gasteiger partial charge on any atom is -0.228 e. The average Bonchev–Trinajstić information content (AvgIpc) is 3.56. The molecule has 0 saturated carbocycles. The Labute approximate surface area is 289 Å². The Hall–Kier alpha value is -6.16. The van der Waals surface area contributed by atoms with E-state index in [0.29, 0.717) is 5.82 Å². The lowest BCUT2D eigenvalue weighted by Crippen LogP contribution is -1.96. The maximum Gasteiger partial charge on any atom is 0.160 e. The Kier molecular flexibility index (Phi) is 7.38. The van der Waals surface area contributed by atoms with Gasteiger partial charge in [0.1, 0.15) is 0 Å². The van der Waals surface area contributed by atoms with Crippen LogP contribution in [-0.4, -0.2) is 9.97 Å². The zero-order chi connectivity index (χ0) is 32.6. The summed E-state index contributed by atoms with van der Waals surface area (Å²) in [5.41, 5.74) is 12.0. The highest BCUT2D eigenvalue weighted by atomic mass is 32.1. The van der Waals surface area contributed by atoms with E-state index in [4.69, 9.17) is 9.97 Å². The molecule has 2 heterocycles. The first-order valence-corrected chi connectivity index (χ1v) is 17.3. The van der Waals surface area contributed by atoms with Gasteiger partial charge in [-0.3, -0.25) is 0 Å². The molecule has 9 aromatic rings. The topological polar surface area (TPSA) is 25.8 Å². The largest absolute Gasteiger partial charge is 0.228 e. The Morgan fingerprint density at radius 1 is 0.286 bits per heavy atom. The summed E-state index contributed by atoms with van der Waals surface area (Å²) in [4.78, 5) is 10.2.